The van der Waals surface area contributed by atoms with E-state index in [9.17, 15) is 14.4 Å². The maximum Gasteiger partial charge on any atom is 0.337 e. The number of thiazole rings is 1. The maximum absolute atomic E-state index is 12.8. The molecule has 4 rings (SSSR count). The largest absolute Gasteiger partial charge is 0.465 e. The zero-order valence-electron chi connectivity index (χ0n) is 19.3. The number of amides is 2. The molecule has 2 fully saturated rings. The second-order valence-corrected chi connectivity index (χ2v) is 9.87. The number of rotatable bonds is 5. The molecule has 2 amide bonds. The summed E-state index contributed by atoms with van der Waals surface area (Å²) in [5, 5.41) is 5.64. The van der Waals surface area contributed by atoms with E-state index in [1.54, 1.807) is 23.6 Å². The third kappa shape index (κ3) is 5.43. The highest BCUT2D eigenvalue weighted by Crippen LogP contribution is 2.33. The molecule has 33 heavy (non-hydrogen) atoms. The van der Waals surface area contributed by atoms with Gasteiger partial charge in [-0.15, -0.1) is 11.3 Å². The van der Waals surface area contributed by atoms with Gasteiger partial charge in [-0.05, 0) is 56.4 Å². The summed E-state index contributed by atoms with van der Waals surface area (Å²) in [6.45, 7) is 3.37. The second-order valence-electron chi connectivity index (χ2n) is 8.98. The van der Waals surface area contributed by atoms with Crippen molar-refractivity contribution in [1.82, 2.24) is 9.88 Å². The Labute approximate surface area is 198 Å². The van der Waals surface area contributed by atoms with Crippen LogP contribution in [0.4, 0.5) is 5.69 Å². The molecule has 1 aromatic heterocycles. The number of carbonyl (C=O) groups excluding carboxylic acids is 3. The molecule has 1 aliphatic carbocycles. The lowest BCUT2D eigenvalue weighted by atomic mass is 9.87. The summed E-state index contributed by atoms with van der Waals surface area (Å²) in [6, 6.07) is 5.02. The number of nitrogens with zero attached hydrogens (tertiary/aromatic N) is 2. The molecule has 1 saturated carbocycles. The molecule has 2 heterocycles. The van der Waals surface area contributed by atoms with E-state index in [1.165, 1.54) is 37.7 Å². The van der Waals surface area contributed by atoms with Gasteiger partial charge >= 0.3 is 5.97 Å². The standard InChI is InChI=1S/C25H31N3O4S/c1-16-14-19(25(31)32-2)8-9-20(16)26-22(29)21-15-33-23(27-21)17-10-12-28(13-11-17)24(30)18-6-4-3-5-7-18/h8-9,14-15,17-18H,3-7,10-13H2,1-2H3,(H,26,29). The minimum atomic E-state index is -0.411. The summed E-state index contributed by atoms with van der Waals surface area (Å²) in [7, 11) is 1.34. The van der Waals surface area contributed by atoms with Crippen LogP contribution in [-0.2, 0) is 9.53 Å². The number of likely N-dealkylation sites (tertiary alicyclic amines) is 1. The van der Waals surface area contributed by atoms with E-state index < -0.39 is 5.97 Å². The Bertz CT molecular complexity index is 1020. The third-order valence-electron chi connectivity index (χ3n) is 6.76. The highest BCUT2D eigenvalue weighted by Gasteiger charge is 2.30. The van der Waals surface area contributed by atoms with Crippen molar-refractivity contribution >= 4 is 34.8 Å². The SMILES string of the molecule is COC(=O)c1ccc(NC(=O)c2csc(C3CCN(C(=O)C4CCCCC4)CC3)n2)c(C)c1. The van der Waals surface area contributed by atoms with Crippen molar-refractivity contribution in [3.05, 3.63) is 45.4 Å². The van der Waals surface area contributed by atoms with Crippen molar-refractivity contribution in [3.63, 3.8) is 0 Å². The quantitative estimate of drug-likeness (QED) is 0.637. The van der Waals surface area contributed by atoms with E-state index in [1.807, 2.05) is 11.8 Å². The summed E-state index contributed by atoms with van der Waals surface area (Å²) in [6.07, 6.45) is 7.45. The van der Waals surface area contributed by atoms with Crippen LogP contribution in [0.2, 0.25) is 0 Å². The van der Waals surface area contributed by atoms with Gasteiger partial charge in [0.1, 0.15) is 5.69 Å². The summed E-state index contributed by atoms with van der Waals surface area (Å²) in [5.74, 6) is 0.160. The third-order valence-corrected chi connectivity index (χ3v) is 7.77. The number of hydrogen-bond acceptors (Lipinski definition) is 6. The number of piperidine rings is 1. The number of aryl methyl sites for hydroxylation is 1. The van der Waals surface area contributed by atoms with Crippen molar-refractivity contribution < 1.29 is 19.1 Å². The molecule has 0 atom stereocenters. The molecule has 0 spiro atoms. The van der Waals surface area contributed by atoms with Gasteiger partial charge in [-0.25, -0.2) is 9.78 Å². The lowest BCUT2D eigenvalue weighted by molar-refractivity contribution is -0.137. The van der Waals surface area contributed by atoms with Crippen LogP contribution in [0.1, 0.15) is 82.3 Å². The summed E-state index contributed by atoms with van der Waals surface area (Å²) < 4.78 is 4.74. The van der Waals surface area contributed by atoms with Crippen LogP contribution in [0, 0.1) is 12.8 Å². The van der Waals surface area contributed by atoms with Crippen LogP contribution in [0.3, 0.4) is 0 Å². The number of nitrogens with one attached hydrogen (secondary N) is 1. The molecular formula is C25H31N3O4S. The van der Waals surface area contributed by atoms with Crippen molar-refractivity contribution in [1.29, 1.82) is 0 Å². The number of anilines is 1. The number of methoxy groups -OCH3 is 1. The van der Waals surface area contributed by atoms with Crippen molar-refractivity contribution in [2.75, 3.05) is 25.5 Å². The predicted octanol–water partition coefficient (Wildman–Crippen LogP) is 4.78. The Morgan fingerprint density at radius 2 is 1.82 bits per heavy atom. The fourth-order valence-electron chi connectivity index (χ4n) is 4.77. The van der Waals surface area contributed by atoms with E-state index in [0.29, 0.717) is 22.9 Å². The first kappa shape index (κ1) is 23.4. The molecule has 176 valence electrons. The first-order valence-electron chi connectivity index (χ1n) is 11.7. The first-order valence-corrected chi connectivity index (χ1v) is 12.6. The molecular weight excluding hydrogens is 438 g/mol. The van der Waals surface area contributed by atoms with E-state index in [0.717, 1.165) is 49.3 Å². The maximum atomic E-state index is 12.8. The Balaban J connectivity index is 1.33. The fraction of sp³-hybridized carbons (Fsp3) is 0.520. The minimum Gasteiger partial charge on any atom is -0.465 e. The fourth-order valence-corrected chi connectivity index (χ4v) is 5.74. The molecule has 7 nitrogen and oxygen atoms in total. The smallest absolute Gasteiger partial charge is 0.337 e. The average molecular weight is 470 g/mol. The highest BCUT2D eigenvalue weighted by atomic mass is 32.1. The summed E-state index contributed by atoms with van der Waals surface area (Å²) >= 11 is 1.51. The molecule has 1 aromatic carbocycles. The lowest BCUT2D eigenvalue weighted by Gasteiger charge is -2.34. The number of benzene rings is 1. The number of ether oxygens (including phenoxy) is 1. The molecule has 1 aliphatic heterocycles. The van der Waals surface area contributed by atoms with E-state index in [-0.39, 0.29) is 17.7 Å². The molecule has 2 aliphatic rings. The zero-order valence-corrected chi connectivity index (χ0v) is 20.1. The first-order chi connectivity index (χ1) is 16.0. The predicted molar refractivity (Wildman–Crippen MR) is 128 cm³/mol. The topological polar surface area (TPSA) is 88.6 Å². The molecule has 0 radical (unpaired) electrons. The molecule has 0 unspecified atom stereocenters. The zero-order chi connectivity index (χ0) is 23.4. The highest BCUT2D eigenvalue weighted by molar-refractivity contribution is 7.10. The van der Waals surface area contributed by atoms with Gasteiger partial charge in [0.25, 0.3) is 5.91 Å². The van der Waals surface area contributed by atoms with Crippen LogP contribution in [0.25, 0.3) is 0 Å². The van der Waals surface area contributed by atoms with E-state index in [2.05, 4.69) is 10.3 Å². The lowest BCUT2D eigenvalue weighted by Crippen LogP contribution is -2.41. The Morgan fingerprint density at radius 1 is 1.09 bits per heavy atom. The molecule has 8 heteroatoms. The van der Waals surface area contributed by atoms with Gasteiger partial charge in [-0.1, -0.05) is 19.3 Å². The van der Waals surface area contributed by atoms with Crippen molar-refractivity contribution in [2.24, 2.45) is 5.92 Å². The van der Waals surface area contributed by atoms with Gasteiger partial charge < -0.3 is 15.0 Å². The van der Waals surface area contributed by atoms with Gasteiger partial charge in [0, 0.05) is 36.0 Å². The molecule has 1 N–H and O–H groups in total. The van der Waals surface area contributed by atoms with Gasteiger partial charge in [0.15, 0.2) is 0 Å². The van der Waals surface area contributed by atoms with Gasteiger partial charge in [0.2, 0.25) is 5.91 Å². The van der Waals surface area contributed by atoms with Crippen molar-refractivity contribution in [3.8, 4) is 0 Å². The van der Waals surface area contributed by atoms with Gasteiger partial charge in [-0.2, -0.15) is 0 Å². The van der Waals surface area contributed by atoms with Crippen LogP contribution in [-0.4, -0.2) is 47.9 Å². The van der Waals surface area contributed by atoms with Crippen LogP contribution < -0.4 is 5.32 Å². The molecule has 2 aromatic rings. The number of carbonyl (C=O) groups is 3. The van der Waals surface area contributed by atoms with Crippen LogP contribution in [0.5, 0.6) is 0 Å². The van der Waals surface area contributed by atoms with Gasteiger partial charge in [-0.3, -0.25) is 9.59 Å². The molecule has 0 bridgehead atoms. The number of esters is 1. The average Bonchev–Trinajstić information content (AvgIpc) is 3.35. The Hall–Kier alpha value is -2.74. The monoisotopic (exact) mass is 469 g/mol. The normalized spacial score (nSPS) is 17.6. The van der Waals surface area contributed by atoms with Crippen LogP contribution in [0.15, 0.2) is 23.6 Å². The number of aromatic nitrogens is 1. The summed E-state index contributed by atoms with van der Waals surface area (Å²) in [5.41, 5.74) is 2.25. The summed E-state index contributed by atoms with van der Waals surface area (Å²) in [4.78, 5) is 43.9. The van der Waals surface area contributed by atoms with Crippen LogP contribution >= 0.6 is 11.3 Å². The second kappa shape index (κ2) is 10.5. The van der Waals surface area contributed by atoms with E-state index >= 15 is 0 Å². The Morgan fingerprint density at radius 3 is 2.48 bits per heavy atom. The molecule has 1 saturated heterocycles. The Kier molecular flexibility index (Phi) is 7.42. The van der Waals surface area contributed by atoms with E-state index in [4.69, 9.17) is 4.74 Å². The van der Waals surface area contributed by atoms with Crippen molar-refractivity contribution in [2.45, 2.75) is 57.8 Å². The van der Waals surface area contributed by atoms with Gasteiger partial charge in [0.05, 0.1) is 17.7 Å². The number of hydrogen-bond donors (Lipinski definition) is 1. The minimum absolute atomic E-state index is 0.218.